The van der Waals surface area contributed by atoms with Gasteiger partial charge < -0.3 is 10.1 Å². The molecule has 1 amide bonds. The first kappa shape index (κ1) is 7.05. The third-order valence-corrected chi connectivity index (χ3v) is 1.45. The van der Waals surface area contributed by atoms with Crippen molar-refractivity contribution in [3.8, 4) is 0 Å². The fraction of sp³-hybridized carbons (Fsp3) is 0.667. The molecule has 0 spiro atoms. The molecule has 1 heterocycles. The highest BCUT2D eigenvalue weighted by Gasteiger charge is 2.20. The highest BCUT2D eigenvalue weighted by molar-refractivity contribution is 5.78. The Morgan fingerprint density at radius 3 is 3.10 bits per heavy atom. The van der Waals surface area contributed by atoms with Crippen molar-refractivity contribution in [3.05, 3.63) is 0 Å². The van der Waals surface area contributed by atoms with E-state index in [0.29, 0.717) is 19.5 Å². The van der Waals surface area contributed by atoms with E-state index in [2.05, 4.69) is 10.1 Å². The second-order valence-electron chi connectivity index (χ2n) is 2.23. The van der Waals surface area contributed by atoms with Crippen LogP contribution in [0, 0.1) is 0 Å². The molecule has 56 valence electrons. The van der Waals surface area contributed by atoms with Crippen LogP contribution in [0.15, 0.2) is 0 Å². The van der Waals surface area contributed by atoms with E-state index in [1.54, 1.807) is 0 Å². The molecule has 0 aromatic carbocycles. The number of ether oxygens (including phenoxy) is 1. The van der Waals surface area contributed by atoms with E-state index in [0.717, 1.165) is 6.42 Å². The standard InChI is InChI=1S/C6H9NO3/c8-4-10-3-5-1-2-6(9)7-5/h4-5H,1-3H2,(H,7,9)/t5-/m0/s1. The van der Waals surface area contributed by atoms with E-state index in [1.807, 2.05) is 0 Å². The fourth-order valence-corrected chi connectivity index (χ4v) is 0.958. The summed E-state index contributed by atoms with van der Waals surface area (Å²) in [4.78, 5) is 20.3. The third kappa shape index (κ3) is 1.72. The minimum Gasteiger partial charge on any atom is -0.466 e. The summed E-state index contributed by atoms with van der Waals surface area (Å²) >= 11 is 0. The first-order valence-electron chi connectivity index (χ1n) is 3.17. The summed E-state index contributed by atoms with van der Waals surface area (Å²) in [5.41, 5.74) is 0. The molecule has 4 nitrogen and oxygen atoms in total. The molecular formula is C6H9NO3. The lowest BCUT2D eigenvalue weighted by atomic mass is 10.2. The van der Waals surface area contributed by atoms with Crippen LogP contribution in [-0.2, 0) is 14.3 Å². The largest absolute Gasteiger partial charge is 0.466 e. The Labute approximate surface area is 58.5 Å². The van der Waals surface area contributed by atoms with Gasteiger partial charge in [0.25, 0.3) is 6.47 Å². The molecular weight excluding hydrogens is 134 g/mol. The maximum absolute atomic E-state index is 10.6. The molecule has 0 bridgehead atoms. The zero-order chi connectivity index (χ0) is 7.40. The summed E-state index contributed by atoms with van der Waals surface area (Å²) in [5.74, 6) is 0.0412. The van der Waals surface area contributed by atoms with E-state index >= 15 is 0 Å². The topological polar surface area (TPSA) is 55.4 Å². The summed E-state index contributed by atoms with van der Waals surface area (Å²) < 4.78 is 4.47. The van der Waals surface area contributed by atoms with Crippen molar-refractivity contribution in [3.63, 3.8) is 0 Å². The normalized spacial score (nSPS) is 24.0. The predicted molar refractivity (Wildman–Crippen MR) is 33.2 cm³/mol. The molecule has 4 heteroatoms. The number of nitrogens with one attached hydrogen (secondary N) is 1. The van der Waals surface area contributed by atoms with Crippen LogP contribution in [-0.4, -0.2) is 25.0 Å². The molecule has 1 atom stereocenters. The predicted octanol–water partition coefficient (Wildman–Crippen LogP) is -0.562. The Hall–Kier alpha value is -1.06. The van der Waals surface area contributed by atoms with Crippen molar-refractivity contribution >= 4 is 12.4 Å². The third-order valence-electron chi connectivity index (χ3n) is 1.45. The van der Waals surface area contributed by atoms with Gasteiger partial charge in [-0.15, -0.1) is 0 Å². The average molecular weight is 143 g/mol. The zero-order valence-electron chi connectivity index (χ0n) is 5.50. The molecule has 0 unspecified atom stereocenters. The highest BCUT2D eigenvalue weighted by Crippen LogP contribution is 2.05. The van der Waals surface area contributed by atoms with E-state index < -0.39 is 0 Å². The zero-order valence-corrected chi connectivity index (χ0v) is 5.50. The van der Waals surface area contributed by atoms with E-state index in [4.69, 9.17) is 0 Å². The van der Waals surface area contributed by atoms with Crippen molar-refractivity contribution in [1.82, 2.24) is 5.32 Å². The van der Waals surface area contributed by atoms with Gasteiger partial charge in [-0.1, -0.05) is 0 Å². The summed E-state index contributed by atoms with van der Waals surface area (Å²) in [6, 6.07) is 0.0395. The number of carbonyl (C=O) groups is 2. The van der Waals surface area contributed by atoms with Crippen molar-refractivity contribution in [2.24, 2.45) is 0 Å². The van der Waals surface area contributed by atoms with Crippen molar-refractivity contribution in [2.45, 2.75) is 18.9 Å². The Bertz CT molecular complexity index is 146. The number of amides is 1. The molecule has 1 aliphatic rings. The first-order chi connectivity index (χ1) is 4.83. The molecule has 0 aliphatic carbocycles. The molecule has 1 aliphatic heterocycles. The van der Waals surface area contributed by atoms with Crippen LogP contribution in [0.2, 0.25) is 0 Å². The van der Waals surface area contributed by atoms with Gasteiger partial charge in [0, 0.05) is 6.42 Å². The van der Waals surface area contributed by atoms with Crippen molar-refractivity contribution in [2.75, 3.05) is 6.61 Å². The van der Waals surface area contributed by atoms with Gasteiger partial charge in [-0.3, -0.25) is 9.59 Å². The highest BCUT2D eigenvalue weighted by atomic mass is 16.5. The molecule has 0 radical (unpaired) electrons. The van der Waals surface area contributed by atoms with Crippen LogP contribution >= 0.6 is 0 Å². The van der Waals surface area contributed by atoms with Gasteiger partial charge in [0.15, 0.2) is 0 Å². The van der Waals surface area contributed by atoms with Gasteiger partial charge in [0.1, 0.15) is 6.61 Å². The average Bonchev–Trinajstić information content (AvgIpc) is 2.31. The van der Waals surface area contributed by atoms with E-state index in [-0.39, 0.29) is 11.9 Å². The van der Waals surface area contributed by atoms with Crippen LogP contribution in [0.3, 0.4) is 0 Å². The minimum atomic E-state index is 0.0395. The maximum atomic E-state index is 10.6. The van der Waals surface area contributed by atoms with E-state index in [9.17, 15) is 9.59 Å². The van der Waals surface area contributed by atoms with Gasteiger partial charge in [-0.05, 0) is 6.42 Å². The number of hydrogen-bond donors (Lipinski definition) is 1. The van der Waals surface area contributed by atoms with E-state index in [1.165, 1.54) is 0 Å². The van der Waals surface area contributed by atoms with Crippen LogP contribution in [0.1, 0.15) is 12.8 Å². The second kappa shape index (κ2) is 3.20. The molecule has 0 saturated carbocycles. The van der Waals surface area contributed by atoms with Crippen LogP contribution in [0.4, 0.5) is 0 Å². The van der Waals surface area contributed by atoms with Gasteiger partial charge in [-0.2, -0.15) is 0 Å². The number of carbonyl (C=O) groups excluding carboxylic acids is 2. The minimum absolute atomic E-state index is 0.0395. The van der Waals surface area contributed by atoms with Crippen molar-refractivity contribution in [1.29, 1.82) is 0 Å². The van der Waals surface area contributed by atoms with Crippen LogP contribution in [0.5, 0.6) is 0 Å². The molecule has 0 aromatic rings. The molecule has 1 fully saturated rings. The summed E-state index contributed by atoms with van der Waals surface area (Å²) in [5, 5.41) is 2.67. The summed E-state index contributed by atoms with van der Waals surface area (Å²) in [7, 11) is 0. The first-order valence-corrected chi connectivity index (χ1v) is 3.17. The molecule has 1 saturated heterocycles. The Morgan fingerprint density at radius 2 is 2.60 bits per heavy atom. The van der Waals surface area contributed by atoms with Crippen molar-refractivity contribution < 1.29 is 14.3 Å². The summed E-state index contributed by atoms with van der Waals surface area (Å²) in [6.45, 7) is 0.694. The quantitative estimate of drug-likeness (QED) is 0.539. The van der Waals surface area contributed by atoms with Gasteiger partial charge in [0.2, 0.25) is 5.91 Å². The monoisotopic (exact) mass is 143 g/mol. The lowest BCUT2D eigenvalue weighted by molar-refractivity contribution is -0.130. The van der Waals surface area contributed by atoms with Gasteiger partial charge in [0.05, 0.1) is 6.04 Å². The smallest absolute Gasteiger partial charge is 0.293 e. The SMILES string of the molecule is O=COC[C@@H]1CCC(=O)N1. The fourth-order valence-electron chi connectivity index (χ4n) is 0.958. The lowest BCUT2D eigenvalue weighted by Gasteiger charge is -2.05. The van der Waals surface area contributed by atoms with Crippen LogP contribution in [0.25, 0.3) is 0 Å². The number of hydrogen-bond acceptors (Lipinski definition) is 3. The maximum Gasteiger partial charge on any atom is 0.293 e. The molecule has 1 N–H and O–H groups in total. The Balaban J connectivity index is 2.18. The molecule has 1 rings (SSSR count). The molecule has 10 heavy (non-hydrogen) atoms. The lowest BCUT2D eigenvalue weighted by Crippen LogP contribution is -2.29. The Kier molecular flexibility index (Phi) is 2.25. The molecule has 0 aromatic heterocycles. The van der Waals surface area contributed by atoms with Crippen LogP contribution < -0.4 is 5.32 Å². The van der Waals surface area contributed by atoms with Gasteiger partial charge in [-0.25, -0.2) is 0 Å². The Morgan fingerprint density at radius 1 is 1.80 bits per heavy atom. The second-order valence-corrected chi connectivity index (χ2v) is 2.23. The summed E-state index contributed by atoms with van der Waals surface area (Å²) in [6.07, 6.45) is 1.32. The number of rotatable bonds is 3. The van der Waals surface area contributed by atoms with Gasteiger partial charge >= 0.3 is 0 Å².